The Kier molecular flexibility index (Phi) is 4.06. The number of hydrogen-bond acceptors (Lipinski definition) is 9. The largest absolute Gasteiger partial charge is 0.394 e. The monoisotopic (exact) mass is 336 g/mol. The van der Waals surface area contributed by atoms with Gasteiger partial charge in [-0.05, 0) is 0 Å². The number of imidazole rings is 1. The summed E-state index contributed by atoms with van der Waals surface area (Å²) in [5.74, 6) is 0.743. The van der Waals surface area contributed by atoms with E-state index in [0.717, 1.165) is 32.0 Å². The van der Waals surface area contributed by atoms with Crippen LogP contribution in [0.2, 0.25) is 0 Å². The highest BCUT2D eigenvalue weighted by Gasteiger charge is 2.44. The molecule has 0 saturated carbocycles. The lowest BCUT2D eigenvalue weighted by atomic mass is 10.1. The molecule has 0 bridgehead atoms. The molecule has 0 aromatic carbocycles. The molecule has 24 heavy (non-hydrogen) atoms. The number of aliphatic hydroxyl groups excluding tert-OH is 3. The van der Waals surface area contributed by atoms with Crippen molar-refractivity contribution in [3.8, 4) is 0 Å². The summed E-state index contributed by atoms with van der Waals surface area (Å²) >= 11 is 0. The third-order valence-corrected chi connectivity index (χ3v) is 4.55. The van der Waals surface area contributed by atoms with Crippen LogP contribution >= 0.6 is 0 Å². The molecule has 0 amide bonds. The van der Waals surface area contributed by atoms with Crippen LogP contribution in [0.1, 0.15) is 6.23 Å². The fourth-order valence-corrected chi connectivity index (χ4v) is 3.24. The number of hydrogen-bond donors (Lipinski definition) is 4. The Labute approximate surface area is 137 Å². The average Bonchev–Trinajstić information content (AvgIpc) is 3.17. The maximum atomic E-state index is 10.2. The standard InChI is InChI=1S/C14H20N6O4/c21-5-8-10(22)11(23)14(24-8)20-7-18-9-12(16-6-17-13(9)20)19-3-1-15-2-4-19/h6-8,10-11,14-15,21-23H,1-5H2. The van der Waals surface area contributed by atoms with Gasteiger partial charge in [-0.25, -0.2) is 15.0 Å². The molecule has 4 rings (SSSR count). The minimum atomic E-state index is -1.17. The molecule has 130 valence electrons. The molecule has 4 unspecified atom stereocenters. The van der Waals surface area contributed by atoms with Gasteiger partial charge in [0.15, 0.2) is 23.2 Å². The molecule has 2 aliphatic rings. The van der Waals surface area contributed by atoms with Crippen LogP contribution in [0.3, 0.4) is 0 Å². The zero-order valence-corrected chi connectivity index (χ0v) is 13.0. The van der Waals surface area contributed by atoms with Gasteiger partial charge in [0.25, 0.3) is 0 Å². The second-order valence-corrected chi connectivity index (χ2v) is 5.99. The maximum absolute atomic E-state index is 10.2. The molecule has 0 radical (unpaired) electrons. The molecular formula is C14H20N6O4. The summed E-state index contributed by atoms with van der Waals surface area (Å²) in [6.45, 7) is 3.03. The quantitative estimate of drug-likeness (QED) is 0.496. The van der Waals surface area contributed by atoms with Crippen LogP contribution in [0.4, 0.5) is 5.82 Å². The lowest BCUT2D eigenvalue weighted by molar-refractivity contribution is -0.0511. The summed E-state index contributed by atoms with van der Waals surface area (Å²) in [4.78, 5) is 15.1. The lowest BCUT2D eigenvalue weighted by Crippen LogP contribution is -2.44. The first-order chi connectivity index (χ1) is 11.7. The second-order valence-electron chi connectivity index (χ2n) is 5.99. The van der Waals surface area contributed by atoms with E-state index in [9.17, 15) is 15.3 Å². The lowest BCUT2D eigenvalue weighted by Gasteiger charge is -2.28. The minimum absolute atomic E-state index is 0.373. The highest BCUT2D eigenvalue weighted by Crippen LogP contribution is 2.32. The normalized spacial score (nSPS) is 31.0. The van der Waals surface area contributed by atoms with Gasteiger partial charge in [-0.2, -0.15) is 0 Å². The Morgan fingerprint density at radius 2 is 1.96 bits per heavy atom. The average molecular weight is 336 g/mol. The number of nitrogens with one attached hydrogen (secondary N) is 1. The molecule has 4 atom stereocenters. The molecule has 4 N–H and O–H groups in total. The van der Waals surface area contributed by atoms with Crippen molar-refractivity contribution in [2.24, 2.45) is 0 Å². The van der Waals surface area contributed by atoms with E-state index < -0.39 is 24.5 Å². The van der Waals surface area contributed by atoms with E-state index in [1.54, 1.807) is 4.57 Å². The minimum Gasteiger partial charge on any atom is -0.394 e. The van der Waals surface area contributed by atoms with Gasteiger partial charge in [-0.3, -0.25) is 4.57 Å². The predicted octanol–water partition coefficient (Wildman–Crippen LogP) is -2.15. The molecular weight excluding hydrogens is 316 g/mol. The highest BCUT2D eigenvalue weighted by atomic mass is 16.6. The van der Waals surface area contributed by atoms with Crippen molar-refractivity contribution < 1.29 is 20.1 Å². The van der Waals surface area contributed by atoms with Gasteiger partial charge in [0.2, 0.25) is 0 Å². The van der Waals surface area contributed by atoms with E-state index in [-0.39, 0.29) is 6.61 Å². The number of rotatable bonds is 3. The molecule has 0 spiro atoms. The number of fused-ring (bicyclic) bond motifs is 1. The molecule has 2 aliphatic heterocycles. The molecule has 2 aromatic rings. The summed E-state index contributed by atoms with van der Waals surface area (Å²) in [6, 6.07) is 0. The first-order valence-electron chi connectivity index (χ1n) is 7.96. The van der Waals surface area contributed by atoms with Crippen LogP contribution < -0.4 is 10.2 Å². The number of ether oxygens (including phenoxy) is 1. The van der Waals surface area contributed by atoms with Gasteiger partial charge in [0.05, 0.1) is 12.9 Å². The number of aromatic nitrogens is 4. The van der Waals surface area contributed by atoms with Crippen molar-refractivity contribution in [1.29, 1.82) is 0 Å². The zero-order valence-electron chi connectivity index (χ0n) is 13.0. The second kappa shape index (κ2) is 6.22. The van der Waals surface area contributed by atoms with Crippen molar-refractivity contribution >= 4 is 17.0 Å². The van der Waals surface area contributed by atoms with Crippen LogP contribution in [0.25, 0.3) is 11.2 Å². The van der Waals surface area contributed by atoms with Crippen LogP contribution in [0.5, 0.6) is 0 Å². The fourth-order valence-electron chi connectivity index (χ4n) is 3.24. The van der Waals surface area contributed by atoms with Crippen LogP contribution in [-0.2, 0) is 4.74 Å². The van der Waals surface area contributed by atoms with Gasteiger partial charge in [0, 0.05) is 26.2 Å². The SMILES string of the molecule is OCC1OC(n2cnc3c(N4CCNCC4)ncnc32)C(O)C1O. The van der Waals surface area contributed by atoms with Crippen molar-refractivity contribution in [1.82, 2.24) is 24.8 Å². The van der Waals surface area contributed by atoms with Crippen molar-refractivity contribution in [3.05, 3.63) is 12.7 Å². The Morgan fingerprint density at radius 1 is 1.17 bits per heavy atom. The van der Waals surface area contributed by atoms with Gasteiger partial charge in [-0.15, -0.1) is 0 Å². The molecule has 2 saturated heterocycles. The Hall–Kier alpha value is -1.85. The van der Waals surface area contributed by atoms with Crippen LogP contribution in [0.15, 0.2) is 12.7 Å². The Bertz CT molecular complexity index is 718. The van der Waals surface area contributed by atoms with Gasteiger partial charge < -0.3 is 30.3 Å². The van der Waals surface area contributed by atoms with Gasteiger partial charge in [-0.1, -0.05) is 0 Å². The van der Waals surface area contributed by atoms with Crippen molar-refractivity contribution in [2.45, 2.75) is 24.5 Å². The Morgan fingerprint density at radius 3 is 2.67 bits per heavy atom. The third-order valence-electron chi connectivity index (χ3n) is 4.55. The van der Waals surface area contributed by atoms with E-state index in [0.29, 0.717) is 11.2 Å². The first kappa shape index (κ1) is 15.7. The van der Waals surface area contributed by atoms with Crippen LogP contribution in [-0.4, -0.2) is 85.9 Å². The number of aliphatic hydroxyl groups is 3. The molecule has 2 aromatic heterocycles. The van der Waals surface area contributed by atoms with Gasteiger partial charge in [0.1, 0.15) is 24.6 Å². The summed E-state index contributed by atoms with van der Waals surface area (Å²) in [6.07, 6.45) is -1.04. The Balaban J connectivity index is 1.71. The molecule has 2 fully saturated rings. The maximum Gasteiger partial charge on any atom is 0.167 e. The van der Waals surface area contributed by atoms with Crippen molar-refractivity contribution in [2.75, 3.05) is 37.7 Å². The van der Waals surface area contributed by atoms with Gasteiger partial charge >= 0.3 is 0 Å². The first-order valence-corrected chi connectivity index (χ1v) is 7.96. The van der Waals surface area contributed by atoms with E-state index in [4.69, 9.17) is 4.74 Å². The molecule has 0 aliphatic carbocycles. The third kappa shape index (κ3) is 2.43. The number of nitrogens with zero attached hydrogens (tertiary/aromatic N) is 5. The summed E-state index contributed by atoms with van der Waals surface area (Å²) in [5, 5.41) is 32.7. The van der Waals surface area contributed by atoms with Crippen LogP contribution in [0, 0.1) is 0 Å². The topological polar surface area (TPSA) is 129 Å². The summed E-state index contributed by atoms with van der Waals surface area (Å²) in [5.41, 5.74) is 1.14. The van der Waals surface area contributed by atoms with E-state index >= 15 is 0 Å². The fraction of sp³-hybridized carbons (Fsp3) is 0.643. The predicted molar refractivity (Wildman–Crippen MR) is 83.4 cm³/mol. The highest BCUT2D eigenvalue weighted by molar-refractivity contribution is 5.83. The zero-order chi connectivity index (χ0) is 16.7. The molecule has 4 heterocycles. The number of anilines is 1. The molecule has 10 nitrogen and oxygen atoms in total. The van der Waals surface area contributed by atoms with E-state index in [1.807, 2.05) is 0 Å². The molecule has 10 heteroatoms. The summed E-state index contributed by atoms with van der Waals surface area (Å²) in [7, 11) is 0. The van der Waals surface area contributed by atoms with E-state index in [1.165, 1.54) is 12.7 Å². The summed E-state index contributed by atoms with van der Waals surface area (Å²) < 4.78 is 7.14. The van der Waals surface area contributed by atoms with Crippen molar-refractivity contribution in [3.63, 3.8) is 0 Å². The smallest absolute Gasteiger partial charge is 0.167 e. The van der Waals surface area contributed by atoms with E-state index in [2.05, 4.69) is 25.2 Å². The number of piperazine rings is 1.